The van der Waals surface area contributed by atoms with E-state index in [2.05, 4.69) is 27.7 Å². The molecular weight excluding hydrogens is 548 g/mol. The van der Waals surface area contributed by atoms with Gasteiger partial charge in [-0.25, -0.2) is 0 Å². The van der Waals surface area contributed by atoms with Crippen molar-refractivity contribution in [2.75, 3.05) is 26.2 Å². The number of carbonyl (C=O) groups excluding carboxylic acids is 2. The van der Waals surface area contributed by atoms with Crippen LogP contribution in [0.25, 0.3) is 32.7 Å². The number of phenols is 2. The van der Waals surface area contributed by atoms with Gasteiger partial charge in [0.2, 0.25) is 0 Å². The molecule has 0 atom stereocenters. The topological polar surface area (TPSA) is 81.1 Å². The molecular formula is C38H48N2O4. The van der Waals surface area contributed by atoms with Gasteiger partial charge in [0.25, 0.3) is 11.8 Å². The highest BCUT2D eigenvalue weighted by molar-refractivity contribution is 6.16. The van der Waals surface area contributed by atoms with Crippen LogP contribution in [-0.2, 0) is 0 Å². The fraction of sp³-hybridized carbons (Fsp3) is 0.421. The Balaban J connectivity index is 1.99. The molecule has 6 nitrogen and oxygen atoms in total. The number of fused-ring (bicyclic) bond motifs is 2. The average Bonchev–Trinajstić information content (AvgIpc) is 3.04. The van der Waals surface area contributed by atoms with Gasteiger partial charge in [-0.2, -0.15) is 0 Å². The van der Waals surface area contributed by atoms with Crippen LogP contribution >= 0.6 is 0 Å². The van der Waals surface area contributed by atoms with Crippen LogP contribution in [0.5, 0.6) is 11.5 Å². The van der Waals surface area contributed by atoms with E-state index in [1.54, 1.807) is 12.1 Å². The van der Waals surface area contributed by atoms with Crippen LogP contribution in [0.2, 0.25) is 0 Å². The number of aromatic hydroxyl groups is 2. The maximum absolute atomic E-state index is 14.1. The van der Waals surface area contributed by atoms with Gasteiger partial charge in [-0.3, -0.25) is 9.59 Å². The van der Waals surface area contributed by atoms with Gasteiger partial charge in [0.1, 0.15) is 11.5 Å². The lowest BCUT2D eigenvalue weighted by molar-refractivity contribution is 0.0740. The van der Waals surface area contributed by atoms with E-state index in [0.29, 0.717) is 48.1 Å². The molecule has 0 heterocycles. The fourth-order valence-corrected chi connectivity index (χ4v) is 5.87. The molecule has 234 valence electrons. The van der Waals surface area contributed by atoms with E-state index in [-0.39, 0.29) is 34.4 Å². The molecule has 0 aliphatic rings. The van der Waals surface area contributed by atoms with Crippen LogP contribution < -0.4 is 0 Å². The number of phenolic OH excluding ortho intramolecular Hbond substituents is 2. The molecule has 4 rings (SSSR count). The zero-order valence-electron chi connectivity index (χ0n) is 26.9. The Morgan fingerprint density at radius 3 is 1.18 bits per heavy atom. The summed E-state index contributed by atoms with van der Waals surface area (Å²) in [5, 5.41) is 27.0. The Hall–Kier alpha value is -4.06. The van der Waals surface area contributed by atoms with E-state index in [0.717, 1.165) is 62.1 Å². The Bertz CT molecular complexity index is 1460. The first-order chi connectivity index (χ1) is 21.4. The van der Waals surface area contributed by atoms with Crippen molar-refractivity contribution >= 4 is 33.4 Å². The largest absolute Gasteiger partial charge is 0.506 e. The number of nitrogens with zero attached hydrogens (tertiary/aromatic N) is 2. The summed E-state index contributed by atoms with van der Waals surface area (Å²) in [4.78, 5) is 31.8. The summed E-state index contributed by atoms with van der Waals surface area (Å²) in [7, 11) is 0. The molecule has 0 radical (unpaired) electrons. The molecule has 0 saturated carbocycles. The van der Waals surface area contributed by atoms with E-state index < -0.39 is 0 Å². The molecule has 0 bridgehead atoms. The summed E-state index contributed by atoms with van der Waals surface area (Å²) < 4.78 is 0. The molecule has 2 N–H and O–H groups in total. The van der Waals surface area contributed by atoms with E-state index >= 15 is 0 Å². The van der Waals surface area contributed by atoms with Crippen molar-refractivity contribution in [2.24, 2.45) is 0 Å². The van der Waals surface area contributed by atoms with Crippen LogP contribution in [0, 0.1) is 0 Å². The molecule has 6 heteroatoms. The normalized spacial score (nSPS) is 11.3. The van der Waals surface area contributed by atoms with Gasteiger partial charge in [-0.05, 0) is 59.4 Å². The molecule has 0 aromatic heterocycles. The Labute approximate surface area is 262 Å². The molecule has 44 heavy (non-hydrogen) atoms. The van der Waals surface area contributed by atoms with E-state index in [4.69, 9.17) is 0 Å². The lowest BCUT2D eigenvalue weighted by Crippen LogP contribution is -2.33. The van der Waals surface area contributed by atoms with Gasteiger partial charge in [0.05, 0.1) is 11.1 Å². The summed E-state index contributed by atoms with van der Waals surface area (Å²) >= 11 is 0. The number of carbonyl (C=O) groups is 2. The molecule has 4 aromatic carbocycles. The Kier molecular flexibility index (Phi) is 11.6. The summed E-state index contributed by atoms with van der Waals surface area (Å²) in [6.07, 6.45) is 7.32. The lowest BCUT2D eigenvalue weighted by Gasteiger charge is -2.25. The summed E-state index contributed by atoms with van der Waals surface area (Å²) in [6, 6.07) is 18.7. The monoisotopic (exact) mass is 596 g/mol. The minimum atomic E-state index is -0.224. The summed E-state index contributed by atoms with van der Waals surface area (Å²) in [6.45, 7) is 10.8. The number of hydrogen-bond donors (Lipinski definition) is 2. The first kappa shape index (κ1) is 32.8. The maximum atomic E-state index is 14.1. The molecule has 0 aliphatic heterocycles. The number of hydrogen-bond acceptors (Lipinski definition) is 4. The van der Waals surface area contributed by atoms with Gasteiger partial charge in [-0.1, -0.05) is 102 Å². The molecule has 0 aliphatic carbocycles. The van der Waals surface area contributed by atoms with Crippen LogP contribution in [-0.4, -0.2) is 58.0 Å². The van der Waals surface area contributed by atoms with Crippen molar-refractivity contribution in [3.8, 4) is 22.6 Å². The number of unbranched alkanes of at least 4 members (excludes halogenated alkanes) is 4. The molecule has 0 fully saturated rings. The second-order valence-corrected chi connectivity index (χ2v) is 11.7. The molecule has 0 unspecified atom stereocenters. The third kappa shape index (κ3) is 7.01. The van der Waals surface area contributed by atoms with E-state index in [9.17, 15) is 19.8 Å². The highest BCUT2D eigenvalue weighted by Gasteiger charge is 2.28. The Morgan fingerprint density at radius 1 is 0.545 bits per heavy atom. The maximum Gasteiger partial charge on any atom is 0.257 e. The number of rotatable bonds is 15. The first-order valence-electron chi connectivity index (χ1n) is 16.5. The van der Waals surface area contributed by atoms with E-state index in [1.165, 1.54) is 0 Å². The van der Waals surface area contributed by atoms with Gasteiger partial charge in [0, 0.05) is 37.3 Å². The molecule has 2 amide bonds. The highest BCUT2D eigenvalue weighted by atomic mass is 16.3. The van der Waals surface area contributed by atoms with Crippen molar-refractivity contribution in [1.82, 2.24) is 9.80 Å². The van der Waals surface area contributed by atoms with Crippen LogP contribution in [0.4, 0.5) is 0 Å². The Morgan fingerprint density at radius 2 is 0.864 bits per heavy atom. The third-order valence-corrected chi connectivity index (χ3v) is 8.46. The molecule has 0 saturated heterocycles. The van der Waals surface area contributed by atoms with Crippen molar-refractivity contribution in [3.63, 3.8) is 0 Å². The average molecular weight is 597 g/mol. The second kappa shape index (κ2) is 15.6. The molecule has 0 spiro atoms. The smallest absolute Gasteiger partial charge is 0.257 e. The second-order valence-electron chi connectivity index (χ2n) is 11.7. The van der Waals surface area contributed by atoms with Crippen molar-refractivity contribution in [2.45, 2.75) is 79.1 Å². The standard InChI is InChI=1S/C38H48N2O4/c1-5-9-21-39(22-10-6-2)37(43)31-25-27-17-13-15-19-29(27)33(35(31)41)34-30-20-16-14-18-28(30)26-32(36(34)42)38(44)40(23-11-7-3)24-12-8-4/h13-20,25-26,41-42H,5-12,21-24H2,1-4H3. The minimum Gasteiger partial charge on any atom is -0.506 e. The predicted octanol–water partition coefficient (Wildman–Crippen LogP) is 9.16. The van der Waals surface area contributed by atoms with Gasteiger partial charge < -0.3 is 20.0 Å². The van der Waals surface area contributed by atoms with Crippen molar-refractivity contribution < 1.29 is 19.8 Å². The zero-order chi connectivity index (χ0) is 31.6. The number of benzene rings is 4. The summed E-state index contributed by atoms with van der Waals surface area (Å²) in [5.74, 6) is -0.799. The fourth-order valence-electron chi connectivity index (χ4n) is 5.87. The molecule has 4 aromatic rings. The predicted molar refractivity (Wildman–Crippen MR) is 182 cm³/mol. The number of amides is 2. The van der Waals surface area contributed by atoms with E-state index in [1.807, 2.05) is 58.3 Å². The van der Waals surface area contributed by atoms with Gasteiger partial charge in [-0.15, -0.1) is 0 Å². The van der Waals surface area contributed by atoms with Crippen molar-refractivity contribution in [1.29, 1.82) is 0 Å². The SMILES string of the molecule is CCCCN(CCCC)C(=O)c1cc2ccccc2c(-c2c(O)c(C(=O)N(CCCC)CCCC)cc3ccccc23)c1O. The zero-order valence-corrected chi connectivity index (χ0v) is 26.9. The van der Waals surface area contributed by atoms with Gasteiger partial charge in [0.15, 0.2) is 0 Å². The van der Waals surface area contributed by atoms with Crippen LogP contribution in [0.1, 0.15) is 99.8 Å². The third-order valence-electron chi connectivity index (χ3n) is 8.46. The summed E-state index contributed by atoms with van der Waals surface area (Å²) in [5.41, 5.74) is 1.15. The van der Waals surface area contributed by atoms with Crippen molar-refractivity contribution in [3.05, 3.63) is 71.8 Å². The van der Waals surface area contributed by atoms with Crippen LogP contribution in [0.15, 0.2) is 60.7 Å². The first-order valence-corrected chi connectivity index (χ1v) is 16.5. The lowest BCUT2D eigenvalue weighted by atomic mass is 9.88. The highest BCUT2D eigenvalue weighted by Crippen LogP contribution is 2.48. The van der Waals surface area contributed by atoms with Gasteiger partial charge >= 0.3 is 0 Å². The quantitative estimate of drug-likeness (QED) is 0.143. The minimum absolute atomic E-state index is 0.175. The van der Waals surface area contributed by atoms with Crippen LogP contribution in [0.3, 0.4) is 0 Å².